The molecule has 94 valence electrons. The van der Waals surface area contributed by atoms with Crippen LogP contribution in [0.15, 0.2) is 12.7 Å². The summed E-state index contributed by atoms with van der Waals surface area (Å²) in [4.78, 5) is 0. The monoisotopic (exact) mass is 256 g/mol. The summed E-state index contributed by atoms with van der Waals surface area (Å²) in [5.74, 6) is -1.62. The number of alkyl halides is 4. The summed E-state index contributed by atoms with van der Waals surface area (Å²) < 4.78 is 37.7. The summed E-state index contributed by atoms with van der Waals surface area (Å²) in [6.07, 6.45) is -2.67. The Hall–Kier alpha value is -0.260. The van der Waals surface area contributed by atoms with E-state index in [1.54, 1.807) is 6.92 Å². The van der Waals surface area contributed by atoms with Crippen molar-refractivity contribution in [3.63, 3.8) is 0 Å². The molecule has 0 aromatic carbocycles. The minimum absolute atomic E-state index is 0.211. The van der Waals surface area contributed by atoms with Crippen molar-refractivity contribution in [1.82, 2.24) is 10.9 Å². The minimum Gasteiger partial charge on any atom is -0.253 e. The van der Waals surface area contributed by atoms with Crippen LogP contribution in [0.1, 0.15) is 13.8 Å². The van der Waals surface area contributed by atoms with Crippen molar-refractivity contribution in [3.05, 3.63) is 12.7 Å². The fourth-order valence-corrected chi connectivity index (χ4v) is 2.27. The first-order chi connectivity index (χ1) is 7.29. The van der Waals surface area contributed by atoms with Gasteiger partial charge < -0.3 is 0 Å². The zero-order chi connectivity index (χ0) is 12.5. The predicted molar refractivity (Wildman–Crippen MR) is 58.1 cm³/mol. The Balaban J connectivity index is 2.70. The van der Waals surface area contributed by atoms with Gasteiger partial charge in [0.1, 0.15) is 0 Å². The van der Waals surface area contributed by atoms with Gasteiger partial charge in [0.05, 0.1) is 11.3 Å². The predicted octanol–water partition coefficient (Wildman–Crippen LogP) is 2.46. The summed E-state index contributed by atoms with van der Waals surface area (Å²) >= 11 is 5.95. The van der Waals surface area contributed by atoms with Gasteiger partial charge in [-0.15, -0.1) is 18.2 Å². The first-order valence-electron chi connectivity index (χ1n) is 5.13. The summed E-state index contributed by atoms with van der Waals surface area (Å²) in [6.45, 7) is 6.47. The zero-order valence-electron chi connectivity index (χ0n) is 9.18. The van der Waals surface area contributed by atoms with Crippen LogP contribution in [0, 0.1) is 11.8 Å². The van der Waals surface area contributed by atoms with Gasteiger partial charge >= 0.3 is 6.18 Å². The van der Waals surface area contributed by atoms with Gasteiger partial charge in [-0.3, -0.25) is 10.9 Å². The first-order valence-corrected chi connectivity index (χ1v) is 5.57. The molecule has 0 spiro atoms. The fourth-order valence-electron chi connectivity index (χ4n) is 1.98. The molecule has 2 N–H and O–H groups in total. The quantitative estimate of drug-likeness (QED) is 0.599. The van der Waals surface area contributed by atoms with Gasteiger partial charge in [0.2, 0.25) is 0 Å². The molecule has 1 fully saturated rings. The van der Waals surface area contributed by atoms with Gasteiger partial charge in [0, 0.05) is 12.1 Å². The van der Waals surface area contributed by atoms with Crippen molar-refractivity contribution in [2.45, 2.75) is 37.5 Å². The molecule has 0 bridgehead atoms. The molecule has 5 atom stereocenters. The van der Waals surface area contributed by atoms with Crippen LogP contribution in [0.5, 0.6) is 0 Å². The van der Waals surface area contributed by atoms with E-state index in [-0.39, 0.29) is 17.3 Å². The third-order valence-electron chi connectivity index (χ3n) is 3.17. The van der Waals surface area contributed by atoms with E-state index < -0.39 is 18.1 Å². The van der Waals surface area contributed by atoms with E-state index in [1.807, 2.05) is 0 Å². The number of rotatable bonds is 3. The van der Waals surface area contributed by atoms with Gasteiger partial charge in [0.25, 0.3) is 0 Å². The number of hydrazine groups is 1. The molecule has 6 heteroatoms. The Morgan fingerprint density at radius 2 is 1.81 bits per heavy atom. The molecule has 1 unspecified atom stereocenters. The van der Waals surface area contributed by atoms with Crippen molar-refractivity contribution in [3.8, 4) is 0 Å². The third kappa shape index (κ3) is 2.70. The van der Waals surface area contributed by atoms with Crippen LogP contribution in [0.25, 0.3) is 0 Å². The smallest absolute Gasteiger partial charge is 0.253 e. The molecular weight excluding hydrogens is 241 g/mol. The largest absolute Gasteiger partial charge is 0.393 e. The molecule has 0 radical (unpaired) electrons. The van der Waals surface area contributed by atoms with Crippen LogP contribution in [-0.2, 0) is 0 Å². The number of hydrogen-bond donors (Lipinski definition) is 2. The van der Waals surface area contributed by atoms with E-state index in [0.29, 0.717) is 0 Å². The molecule has 1 aliphatic rings. The molecular formula is C10H16ClF3N2. The highest BCUT2D eigenvalue weighted by Gasteiger charge is 2.48. The van der Waals surface area contributed by atoms with Gasteiger partial charge in [-0.1, -0.05) is 19.9 Å². The Kier molecular flexibility index (Phi) is 4.26. The number of nitrogens with one attached hydrogen (secondary N) is 2. The van der Waals surface area contributed by atoms with Crippen molar-refractivity contribution < 1.29 is 13.2 Å². The van der Waals surface area contributed by atoms with E-state index >= 15 is 0 Å². The van der Waals surface area contributed by atoms with E-state index in [1.165, 1.54) is 13.0 Å². The van der Waals surface area contributed by atoms with Crippen molar-refractivity contribution in [2.75, 3.05) is 0 Å². The number of hydrogen-bond acceptors (Lipinski definition) is 2. The molecule has 0 saturated carbocycles. The van der Waals surface area contributed by atoms with E-state index in [0.717, 1.165) is 0 Å². The van der Waals surface area contributed by atoms with Crippen LogP contribution in [0.3, 0.4) is 0 Å². The molecule has 0 aromatic rings. The van der Waals surface area contributed by atoms with E-state index in [9.17, 15) is 13.2 Å². The van der Waals surface area contributed by atoms with Gasteiger partial charge in [-0.25, -0.2) is 0 Å². The molecule has 1 saturated heterocycles. The van der Waals surface area contributed by atoms with Gasteiger partial charge in [-0.2, -0.15) is 13.2 Å². The van der Waals surface area contributed by atoms with E-state index in [4.69, 9.17) is 11.6 Å². The molecule has 0 amide bonds. The van der Waals surface area contributed by atoms with Crippen LogP contribution < -0.4 is 10.9 Å². The molecule has 1 rings (SSSR count). The standard InChI is InChI=1S/C10H16ClF3N2/c1-4-7(11)9-5(2)8(15-16-9)6(3)10(12,13)14/h4-9,15-16H,1H2,2-3H3/t5-,6-,7?,8-,9+/m0/s1. The average Bonchev–Trinajstić information content (AvgIpc) is 2.56. The highest BCUT2D eigenvalue weighted by molar-refractivity contribution is 6.22. The average molecular weight is 257 g/mol. The Bertz CT molecular complexity index is 257. The Labute approximate surface area is 98.2 Å². The summed E-state index contributed by atoms with van der Waals surface area (Å²) in [5, 5.41) is -0.382. The molecule has 1 aliphatic heterocycles. The number of halogens is 4. The van der Waals surface area contributed by atoms with Crippen molar-refractivity contribution in [1.29, 1.82) is 0 Å². The lowest BCUT2D eigenvalue weighted by atomic mass is 9.86. The highest BCUT2D eigenvalue weighted by atomic mass is 35.5. The second kappa shape index (κ2) is 4.94. The van der Waals surface area contributed by atoms with Crippen LogP contribution >= 0.6 is 11.6 Å². The Morgan fingerprint density at radius 3 is 2.25 bits per heavy atom. The van der Waals surface area contributed by atoms with Gasteiger partial charge in [-0.05, 0) is 5.92 Å². The Morgan fingerprint density at radius 1 is 1.31 bits per heavy atom. The summed E-state index contributed by atoms with van der Waals surface area (Å²) in [5.41, 5.74) is 5.48. The lowest BCUT2D eigenvalue weighted by Crippen LogP contribution is -2.43. The molecule has 16 heavy (non-hydrogen) atoms. The molecule has 1 heterocycles. The second-order valence-electron chi connectivity index (χ2n) is 4.21. The van der Waals surface area contributed by atoms with Crippen LogP contribution in [-0.4, -0.2) is 23.6 Å². The maximum absolute atomic E-state index is 12.6. The molecule has 2 nitrogen and oxygen atoms in total. The lowest BCUT2D eigenvalue weighted by Gasteiger charge is -2.26. The molecule has 0 aromatic heterocycles. The third-order valence-corrected chi connectivity index (χ3v) is 3.62. The van der Waals surface area contributed by atoms with Crippen molar-refractivity contribution in [2.24, 2.45) is 11.8 Å². The van der Waals surface area contributed by atoms with Crippen LogP contribution in [0.2, 0.25) is 0 Å². The lowest BCUT2D eigenvalue weighted by molar-refractivity contribution is -0.178. The van der Waals surface area contributed by atoms with E-state index in [2.05, 4.69) is 17.4 Å². The maximum atomic E-state index is 12.6. The fraction of sp³-hybridized carbons (Fsp3) is 0.800. The van der Waals surface area contributed by atoms with Crippen molar-refractivity contribution >= 4 is 11.6 Å². The highest BCUT2D eigenvalue weighted by Crippen LogP contribution is 2.34. The second-order valence-corrected chi connectivity index (χ2v) is 4.71. The zero-order valence-corrected chi connectivity index (χ0v) is 9.94. The maximum Gasteiger partial charge on any atom is 0.393 e. The molecule has 0 aliphatic carbocycles. The SMILES string of the molecule is C=CC(Cl)[C@@H]1NN[C@H]([C@H](C)C(F)(F)F)[C@@H]1C. The summed E-state index contributed by atoms with van der Waals surface area (Å²) in [6, 6.07) is -0.889. The summed E-state index contributed by atoms with van der Waals surface area (Å²) in [7, 11) is 0. The van der Waals surface area contributed by atoms with Crippen LogP contribution in [0.4, 0.5) is 13.2 Å². The topological polar surface area (TPSA) is 24.1 Å². The minimum atomic E-state index is -4.20. The van der Waals surface area contributed by atoms with Gasteiger partial charge in [0.15, 0.2) is 0 Å². The first kappa shape index (κ1) is 13.8. The normalized spacial score (nSPS) is 34.8.